The minimum Gasteiger partial charge on any atom is -0.405 e. The van der Waals surface area contributed by atoms with E-state index in [9.17, 15) is 9.59 Å². The number of nitrogens with zero attached hydrogens (tertiary/aromatic N) is 1. The van der Waals surface area contributed by atoms with Gasteiger partial charge in [-0.3, -0.25) is 14.5 Å². The standard InChI is InChI=1S/C21H22BNO4/c1-14-12-21(2,3)27-22(26-14)16-10-8-15(9-11-16)13-23-19(24)17-6-4-5-7-18(17)20(23)25/h4-11,14H,12-13H2,1-3H3/t14-/m0/s1. The lowest BCUT2D eigenvalue weighted by Gasteiger charge is -2.38. The predicted molar refractivity (Wildman–Crippen MR) is 103 cm³/mol. The Morgan fingerprint density at radius 1 is 1.04 bits per heavy atom. The third kappa shape index (κ3) is 3.43. The Hall–Kier alpha value is -2.44. The molecule has 2 heterocycles. The van der Waals surface area contributed by atoms with Crippen LogP contribution in [-0.2, 0) is 15.9 Å². The maximum Gasteiger partial charge on any atom is 0.494 e. The van der Waals surface area contributed by atoms with Crippen LogP contribution in [-0.4, -0.2) is 35.5 Å². The summed E-state index contributed by atoms with van der Waals surface area (Å²) in [6.07, 6.45) is 0.971. The van der Waals surface area contributed by atoms with Crippen molar-refractivity contribution >= 4 is 24.4 Å². The van der Waals surface area contributed by atoms with Gasteiger partial charge in [0.05, 0.1) is 23.3 Å². The zero-order valence-electron chi connectivity index (χ0n) is 15.8. The van der Waals surface area contributed by atoms with Crippen molar-refractivity contribution in [1.82, 2.24) is 4.90 Å². The number of fused-ring (bicyclic) bond motifs is 1. The highest BCUT2D eigenvalue weighted by atomic mass is 16.6. The smallest absolute Gasteiger partial charge is 0.405 e. The number of hydrogen-bond donors (Lipinski definition) is 0. The van der Waals surface area contributed by atoms with Gasteiger partial charge in [-0.15, -0.1) is 0 Å². The molecule has 2 aliphatic rings. The molecule has 0 bridgehead atoms. The van der Waals surface area contributed by atoms with Crippen molar-refractivity contribution in [2.24, 2.45) is 0 Å². The zero-order chi connectivity index (χ0) is 19.2. The first kappa shape index (κ1) is 18.0. The van der Waals surface area contributed by atoms with E-state index in [1.165, 1.54) is 4.90 Å². The lowest BCUT2D eigenvalue weighted by atomic mass is 9.75. The van der Waals surface area contributed by atoms with Crippen molar-refractivity contribution in [3.8, 4) is 0 Å². The van der Waals surface area contributed by atoms with Gasteiger partial charge in [0.15, 0.2) is 0 Å². The molecule has 27 heavy (non-hydrogen) atoms. The Balaban J connectivity index is 1.49. The van der Waals surface area contributed by atoms with Crippen LogP contribution >= 0.6 is 0 Å². The van der Waals surface area contributed by atoms with Gasteiger partial charge in [0, 0.05) is 6.10 Å². The van der Waals surface area contributed by atoms with Crippen LogP contribution in [0.5, 0.6) is 0 Å². The average Bonchev–Trinajstić information content (AvgIpc) is 2.86. The summed E-state index contributed by atoms with van der Waals surface area (Å²) < 4.78 is 12.0. The largest absolute Gasteiger partial charge is 0.494 e. The Kier molecular flexibility index (Phi) is 4.40. The third-order valence-electron chi connectivity index (χ3n) is 5.03. The van der Waals surface area contributed by atoms with Crippen molar-refractivity contribution in [3.63, 3.8) is 0 Å². The van der Waals surface area contributed by atoms with E-state index >= 15 is 0 Å². The highest BCUT2D eigenvalue weighted by Gasteiger charge is 2.38. The first-order valence-electron chi connectivity index (χ1n) is 9.21. The van der Waals surface area contributed by atoms with E-state index in [0.717, 1.165) is 17.4 Å². The maximum absolute atomic E-state index is 12.5. The van der Waals surface area contributed by atoms with Gasteiger partial charge in [0.1, 0.15) is 0 Å². The van der Waals surface area contributed by atoms with Gasteiger partial charge < -0.3 is 9.31 Å². The number of amides is 2. The normalized spacial score (nSPS) is 21.5. The molecule has 0 aromatic heterocycles. The van der Waals surface area contributed by atoms with Gasteiger partial charge in [-0.1, -0.05) is 36.4 Å². The van der Waals surface area contributed by atoms with E-state index in [4.69, 9.17) is 9.31 Å². The van der Waals surface area contributed by atoms with Gasteiger partial charge in [0.25, 0.3) is 11.8 Å². The van der Waals surface area contributed by atoms with E-state index in [1.54, 1.807) is 24.3 Å². The minimum atomic E-state index is -0.405. The maximum atomic E-state index is 12.5. The molecule has 2 aliphatic heterocycles. The fourth-order valence-electron chi connectivity index (χ4n) is 3.81. The molecule has 2 amide bonds. The number of benzene rings is 2. The number of imide groups is 1. The summed E-state index contributed by atoms with van der Waals surface area (Å²) in [4.78, 5) is 26.3. The lowest BCUT2D eigenvalue weighted by Crippen LogP contribution is -2.51. The third-order valence-corrected chi connectivity index (χ3v) is 5.03. The molecule has 1 saturated heterocycles. The molecule has 0 unspecified atom stereocenters. The van der Waals surface area contributed by atoms with Crippen LogP contribution in [0.3, 0.4) is 0 Å². The molecule has 2 aromatic rings. The fourth-order valence-corrected chi connectivity index (χ4v) is 3.81. The van der Waals surface area contributed by atoms with Gasteiger partial charge >= 0.3 is 7.12 Å². The molecule has 0 aliphatic carbocycles. The second-order valence-corrected chi connectivity index (χ2v) is 7.84. The summed E-state index contributed by atoms with van der Waals surface area (Å²) in [7, 11) is -0.405. The summed E-state index contributed by atoms with van der Waals surface area (Å²) in [6, 6.07) is 14.6. The molecule has 6 heteroatoms. The van der Waals surface area contributed by atoms with E-state index in [0.29, 0.717) is 11.1 Å². The van der Waals surface area contributed by atoms with Crippen LogP contribution in [0.25, 0.3) is 0 Å². The Bertz CT molecular complexity index is 858. The molecule has 138 valence electrons. The molecule has 2 aromatic carbocycles. The summed E-state index contributed by atoms with van der Waals surface area (Å²) in [6.45, 7) is 6.43. The first-order valence-corrected chi connectivity index (χ1v) is 9.21. The Labute approximate surface area is 159 Å². The molecule has 0 saturated carbocycles. The number of carbonyl (C=O) groups excluding carboxylic acids is 2. The van der Waals surface area contributed by atoms with Crippen LogP contribution in [0.15, 0.2) is 48.5 Å². The molecule has 5 nitrogen and oxygen atoms in total. The van der Waals surface area contributed by atoms with Crippen molar-refractivity contribution in [2.45, 2.75) is 45.4 Å². The summed E-state index contributed by atoms with van der Waals surface area (Å²) in [5.74, 6) is -0.483. The van der Waals surface area contributed by atoms with E-state index in [1.807, 2.05) is 31.2 Å². The predicted octanol–water partition coefficient (Wildman–Crippen LogP) is 2.78. The van der Waals surface area contributed by atoms with Crippen LogP contribution < -0.4 is 5.46 Å². The monoisotopic (exact) mass is 363 g/mol. The Morgan fingerprint density at radius 2 is 1.63 bits per heavy atom. The van der Waals surface area contributed by atoms with E-state index < -0.39 is 7.12 Å². The van der Waals surface area contributed by atoms with Crippen molar-refractivity contribution in [2.75, 3.05) is 0 Å². The molecule has 4 rings (SSSR count). The number of hydrogen-bond acceptors (Lipinski definition) is 4. The van der Waals surface area contributed by atoms with Gasteiger partial charge in [-0.2, -0.15) is 0 Å². The molecule has 0 radical (unpaired) electrons. The van der Waals surface area contributed by atoms with Crippen LogP contribution in [0.2, 0.25) is 0 Å². The molecular weight excluding hydrogens is 341 g/mol. The second-order valence-electron chi connectivity index (χ2n) is 7.84. The van der Waals surface area contributed by atoms with E-state index in [2.05, 4.69) is 13.8 Å². The molecule has 0 spiro atoms. The molecule has 1 atom stereocenters. The van der Waals surface area contributed by atoms with Crippen molar-refractivity contribution in [3.05, 3.63) is 65.2 Å². The van der Waals surface area contributed by atoms with E-state index in [-0.39, 0.29) is 30.1 Å². The highest BCUT2D eigenvalue weighted by Crippen LogP contribution is 2.26. The van der Waals surface area contributed by atoms with Crippen molar-refractivity contribution in [1.29, 1.82) is 0 Å². The topological polar surface area (TPSA) is 55.8 Å². The number of rotatable bonds is 3. The average molecular weight is 363 g/mol. The van der Waals surface area contributed by atoms with Gasteiger partial charge in [-0.25, -0.2) is 0 Å². The number of carbonyl (C=O) groups is 2. The Morgan fingerprint density at radius 3 is 2.19 bits per heavy atom. The molecular formula is C21H22BNO4. The summed E-state index contributed by atoms with van der Waals surface area (Å²) in [5.41, 5.74) is 2.53. The first-order chi connectivity index (χ1) is 12.8. The zero-order valence-corrected chi connectivity index (χ0v) is 15.8. The molecule has 1 fully saturated rings. The van der Waals surface area contributed by atoms with Crippen molar-refractivity contribution < 1.29 is 18.9 Å². The summed E-state index contributed by atoms with van der Waals surface area (Å²) in [5, 5.41) is 0. The SMILES string of the molecule is C[C@H]1CC(C)(C)OB(c2ccc(CN3C(=O)c4ccccc4C3=O)cc2)O1. The minimum absolute atomic E-state index is 0.122. The van der Waals surface area contributed by atoms with Gasteiger partial charge in [-0.05, 0) is 50.4 Å². The molecule has 0 N–H and O–H groups in total. The fraction of sp³-hybridized carbons (Fsp3) is 0.333. The van der Waals surface area contributed by atoms with Crippen LogP contribution in [0.1, 0.15) is 53.5 Å². The second kappa shape index (κ2) is 6.62. The van der Waals surface area contributed by atoms with Crippen LogP contribution in [0.4, 0.5) is 0 Å². The quantitative estimate of drug-likeness (QED) is 0.622. The lowest BCUT2D eigenvalue weighted by molar-refractivity contribution is -0.0229. The van der Waals surface area contributed by atoms with Crippen LogP contribution in [0, 0.1) is 0 Å². The van der Waals surface area contributed by atoms with Gasteiger partial charge in [0.2, 0.25) is 0 Å². The summed E-state index contributed by atoms with van der Waals surface area (Å²) >= 11 is 0. The highest BCUT2D eigenvalue weighted by molar-refractivity contribution is 6.61.